The molecule has 5 nitrogen and oxygen atoms in total. The maximum absolute atomic E-state index is 12.0. The van der Waals surface area contributed by atoms with Crippen molar-refractivity contribution in [3.05, 3.63) is 53.4 Å². The van der Waals surface area contributed by atoms with Crippen LogP contribution in [0.2, 0.25) is 0 Å². The first kappa shape index (κ1) is 15.1. The van der Waals surface area contributed by atoms with Gasteiger partial charge in [0, 0.05) is 29.8 Å². The number of rotatable bonds is 3. The normalized spacial score (nSPS) is 16.0. The molecule has 1 aromatic carbocycles. The van der Waals surface area contributed by atoms with E-state index in [-0.39, 0.29) is 12.4 Å². The SMILES string of the molecule is O=C(OCc1ccc(OC(F)(F)F)cc1)N1C=C2C=NC=C2C1. The first-order valence-electron chi connectivity index (χ1n) is 6.63. The van der Waals surface area contributed by atoms with Crippen LogP contribution in [-0.2, 0) is 11.3 Å². The van der Waals surface area contributed by atoms with Crippen molar-refractivity contribution < 1.29 is 27.4 Å². The van der Waals surface area contributed by atoms with Gasteiger partial charge in [-0.2, -0.15) is 0 Å². The third-order valence-corrected chi connectivity index (χ3v) is 3.20. The van der Waals surface area contributed by atoms with E-state index in [0.29, 0.717) is 12.1 Å². The summed E-state index contributed by atoms with van der Waals surface area (Å²) in [6.07, 6.45) is -0.282. The van der Waals surface area contributed by atoms with Gasteiger partial charge in [-0.05, 0) is 17.7 Å². The summed E-state index contributed by atoms with van der Waals surface area (Å²) >= 11 is 0. The van der Waals surface area contributed by atoms with Crippen LogP contribution >= 0.6 is 0 Å². The third-order valence-electron chi connectivity index (χ3n) is 3.20. The Kier molecular flexibility index (Phi) is 3.81. The largest absolute Gasteiger partial charge is 0.573 e. The lowest BCUT2D eigenvalue weighted by atomic mass is 10.2. The van der Waals surface area contributed by atoms with E-state index in [1.165, 1.54) is 29.2 Å². The van der Waals surface area contributed by atoms with Crippen molar-refractivity contribution in [3.8, 4) is 5.75 Å². The second-order valence-corrected chi connectivity index (χ2v) is 4.89. The molecule has 3 rings (SSSR count). The molecule has 2 heterocycles. The van der Waals surface area contributed by atoms with E-state index in [1.807, 2.05) is 0 Å². The van der Waals surface area contributed by atoms with Crippen LogP contribution in [0, 0.1) is 0 Å². The molecule has 0 aliphatic carbocycles. The molecule has 0 radical (unpaired) electrons. The van der Waals surface area contributed by atoms with Crippen LogP contribution in [-0.4, -0.2) is 30.1 Å². The molecule has 120 valence electrons. The van der Waals surface area contributed by atoms with Crippen molar-refractivity contribution in [3.63, 3.8) is 0 Å². The molecule has 1 amide bonds. The Labute approximate surface area is 129 Å². The van der Waals surface area contributed by atoms with Gasteiger partial charge in [0.15, 0.2) is 0 Å². The Morgan fingerprint density at radius 3 is 2.65 bits per heavy atom. The van der Waals surface area contributed by atoms with E-state index in [2.05, 4.69) is 9.73 Å². The van der Waals surface area contributed by atoms with Gasteiger partial charge in [-0.15, -0.1) is 13.2 Å². The molecule has 0 bridgehead atoms. The van der Waals surface area contributed by atoms with E-state index in [1.54, 1.807) is 18.6 Å². The number of ether oxygens (including phenoxy) is 2. The highest BCUT2D eigenvalue weighted by Crippen LogP contribution is 2.25. The summed E-state index contributed by atoms with van der Waals surface area (Å²) in [5.74, 6) is -0.323. The zero-order valence-corrected chi connectivity index (χ0v) is 11.7. The Morgan fingerprint density at radius 2 is 2.00 bits per heavy atom. The molecule has 0 saturated carbocycles. The molecule has 1 aromatic rings. The molecule has 0 unspecified atom stereocenters. The third kappa shape index (κ3) is 3.71. The topological polar surface area (TPSA) is 51.1 Å². The molecule has 0 fully saturated rings. The molecule has 2 aliphatic heterocycles. The quantitative estimate of drug-likeness (QED) is 0.856. The minimum absolute atomic E-state index is 0.0437. The number of hydrogen-bond donors (Lipinski definition) is 0. The number of halogens is 3. The lowest BCUT2D eigenvalue weighted by molar-refractivity contribution is -0.274. The molecule has 0 N–H and O–H groups in total. The van der Waals surface area contributed by atoms with Crippen LogP contribution in [0.3, 0.4) is 0 Å². The van der Waals surface area contributed by atoms with E-state index in [9.17, 15) is 18.0 Å². The van der Waals surface area contributed by atoms with Crippen LogP contribution in [0.25, 0.3) is 0 Å². The fourth-order valence-electron chi connectivity index (χ4n) is 2.14. The number of hydrogen-bond acceptors (Lipinski definition) is 4. The summed E-state index contributed by atoms with van der Waals surface area (Å²) in [7, 11) is 0. The van der Waals surface area contributed by atoms with Crippen LogP contribution in [0.15, 0.2) is 52.8 Å². The van der Waals surface area contributed by atoms with Crippen LogP contribution < -0.4 is 4.74 Å². The fraction of sp³-hybridized carbons (Fsp3) is 0.200. The van der Waals surface area contributed by atoms with Crippen molar-refractivity contribution in [2.45, 2.75) is 13.0 Å². The van der Waals surface area contributed by atoms with E-state index >= 15 is 0 Å². The summed E-state index contributed by atoms with van der Waals surface area (Å²) in [5.41, 5.74) is 2.37. The second-order valence-electron chi connectivity index (χ2n) is 4.89. The van der Waals surface area contributed by atoms with Crippen LogP contribution in [0.5, 0.6) is 5.75 Å². The van der Waals surface area contributed by atoms with Gasteiger partial charge >= 0.3 is 12.5 Å². The lowest BCUT2D eigenvalue weighted by Crippen LogP contribution is -2.24. The number of fused-ring (bicyclic) bond motifs is 1. The van der Waals surface area contributed by atoms with E-state index in [4.69, 9.17) is 4.74 Å². The van der Waals surface area contributed by atoms with Crippen molar-refractivity contribution >= 4 is 12.3 Å². The zero-order chi connectivity index (χ0) is 16.4. The molecule has 0 spiro atoms. The number of carbonyl (C=O) groups is 1. The number of carbonyl (C=O) groups excluding carboxylic acids is 1. The van der Waals surface area contributed by atoms with E-state index in [0.717, 1.165) is 11.1 Å². The van der Waals surface area contributed by atoms with E-state index < -0.39 is 12.5 Å². The predicted octanol–water partition coefficient (Wildman–Crippen LogP) is 3.39. The number of amides is 1. The number of benzene rings is 1. The van der Waals surface area contributed by atoms with Crippen LogP contribution in [0.4, 0.5) is 18.0 Å². The maximum Gasteiger partial charge on any atom is 0.573 e. The number of alkyl halides is 3. The zero-order valence-electron chi connectivity index (χ0n) is 11.7. The average molecular weight is 324 g/mol. The molecule has 0 saturated heterocycles. The second kappa shape index (κ2) is 5.79. The minimum atomic E-state index is -4.73. The number of nitrogens with zero attached hydrogens (tertiary/aromatic N) is 2. The minimum Gasteiger partial charge on any atom is -0.444 e. The molecular weight excluding hydrogens is 313 g/mol. The first-order valence-corrected chi connectivity index (χ1v) is 6.63. The molecule has 8 heteroatoms. The molecule has 0 atom stereocenters. The van der Waals surface area contributed by atoms with Gasteiger partial charge in [0.2, 0.25) is 0 Å². The highest BCUT2D eigenvalue weighted by Gasteiger charge is 2.31. The Bertz CT molecular complexity index is 706. The molecule has 0 aromatic heterocycles. The van der Waals surface area contributed by atoms with Crippen molar-refractivity contribution in [2.24, 2.45) is 4.99 Å². The van der Waals surface area contributed by atoms with Gasteiger partial charge in [0.05, 0.1) is 6.54 Å². The monoisotopic (exact) mass is 324 g/mol. The van der Waals surface area contributed by atoms with Gasteiger partial charge in [0.25, 0.3) is 0 Å². The predicted molar refractivity (Wildman–Crippen MR) is 74.7 cm³/mol. The summed E-state index contributed by atoms with van der Waals surface area (Å²) in [6, 6.07) is 5.14. The summed E-state index contributed by atoms with van der Waals surface area (Å²) in [6.45, 7) is 0.352. The molecule has 2 aliphatic rings. The Morgan fingerprint density at radius 1 is 1.26 bits per heavy atom. The van der Waals surface area contributed by atoms with Crippen LogP contribution in [0.1, 0.15) is 5.56 Å². The molecule has 23 heavy (non-hydrogen) atoms. The van der Waals surface area contributed by atoms with Gasteiger partial charge in [-0.1, -0.05) is 12.1 Å². The van der Waals surface area contributed by atoms with Gasteiger partial charge in [-0.25, -0.2) is 4.79 Å². The van der Waals surface area contributed by atoms with Gasteiger partial charge in [0.1, 0.15) is 12.4 Å². The Hall–Kier alpha value is -2.77. The summed E-state index contributed by atoms with van der Waals surface area (Å²) < 4.78 is 45.0. The molecular formula is C15H11F3N2O3. The summed E-state index contributed by atoms with van der Waals surface area (Å²) in [4.78, 5) is 17.3. The van der Waals surface area contributed by atoms with Crippen molar-refractivity contribution in [1.29, 1.82) is 0 Å². The Balaban J connectivity index is 1.52. The van der Waals surface area contributed by atoms with Gasteiger partial charge < -0.3 is 9.47 Å². The summed E-state index contributed by atoms with van der Waals surface area (Å²) in [5, 5.41) is 0. The average Bonchev–Trinajstić information content (AvgIpc) is 3.05. The maximum atomic E-state index is 12.0. The highest BCUT2D eigenvalue weighted by atomic mass is 19.4. The lowest BCUT2D eigenvalue weighted by Gasteiger charge is -2.14. The van der Waals surface area contributed by atoms with Crippen molar-refractivity contribution in [2.75, 3.05) is 6.54 Å². The smallest absolute Gasteiger partial charge is 0.444 e. The standard InChI is InChI=1S/C15H11F3N2O3/c16-15(17,18)23-13-3-1-10(2-4-13)9-22-14(21)20-7-11-5-19-6-12(11)8-20/h1-7H,8-9H2. The first-order chi connectivity index (χ1) is 10.9. The van der Waals surface area contributed by atoms with Crippen molar-refractivity contribution in [1.82, 2.24) is 4.90 Å². The van der Waals surface area contributed by atoms with Gasteiger partial charge in [-0.3, -0.25) is 9.89 Å². The highest BCUT2D eigenvalue weighted by molar-refractivity contribution is 5.91. The fourth-order valence-corrected chi connectivity index (χ4v) is 2.14. The number of aliphatic imine (C=N–C) groups is 1.